The zero-order chi connectivity index (χ0) is 13.7. The summed E-state index contributed by atoms with van der Waals surface area (Å²) in [6.45, 7) is 3.47. The van der Waals surface area contributed by atoms with Crippen molar-refractivity contribution >= 4 is 15.9 Å². The molecule has 0 radical (unpaired) electrons. The van der Waals surface area contributed by atoms with Crippen molar-refractivity contribution in [1.29, 1.82) is 0 Å². The Labute approximate surface area is 121 Å². The lowest BCUT2D eigenvalue weighted by Crippen LogP contribution is -2.35. The summed E-state index contributed by atoms with van der Waals surface area (Å²) in [5, 5.41) is 7.73. The van der Waals surface area contributed by atoms with Crippen molar-refractivity contribution in [2.75, 3.05) is 13.7 Å². The van der Waals surface area contributed by atoms with Crippen LogP contribution < -0.4 is 5.32 Å². The highest BCUT2D eigenvalue weighted by molar-refractivity contribution is 9.10. The Morgan fingerprint density at radius 2 is 2.42 bits per heavy atom. The fourth-order valence-electron chi connectivity index (χ4n) is 1.98. The zero-order valence-electron chi connectivity index (χ0n) is 11.0. The monoisotopic (exact) mass is 327 g/mol. The smallest absolute Gasteiger partial charge is 0.123 e. The number of methoxy groups -OCH3 is 1. The van der Waals surface area contributed by atoms with Gasteiger partial charge in [0.05, 0.1) is 36.1 Å². The molecule has 6 heteroatoms. The molecule has 0 aliphatic heterocycles. The summed E-state index contributed by atoms with van der Waals surface area (Å²) in [5.41, 5.74) is 0. The maximum Gasteiger partial charge on any atom is 0.123 e. The molecule has 2 heterocycles. The van der Waals surface area contributed by atoms with Gasteiger partial charge in [0.15, 0.2) is 0 Å². The molecule has 0 fully saturated rings. The van der Waals surface area contributed by atoms with Crippen LogP contribution in [-0.2, 0) is 11.3 Å². The molecular weight excluding hydrogens is 310 g/mol. The Kier molecular flexibility index (Phi) is 5.18. The predicted molar refractivity (Wildman–Crippen MR) is 75.8 cm³/mol. The van der Waals surface area contributed by atoms with Gasteiger partial charge in [-0.2, -0.15) is 5.10 Å². The van der Waals surface area contributed by atoms with Crippen molar-refractivity contribution < 1.29 is 9.15 Å². The number of halogens is 1. The van der Waals surface area contributed by atoms with Crippen molar-refractivity contribution in [1.82, 2.24) is 15.1 Å². The summed E-state index contributed by atoms with van der Waals surface area (Å²) < 4.78 is 13.5. The van der Waals surface area contributed by atoms with Crippen molar-refractivity contribution in [2.24, 2.45) is 0 Å². The SMILES string of the molecule is COC[C@H](N[C@H](C)Cn1cc(Br)cn1)c1ccco1. The number of aromatic nitrogens is 2. The first-order valence-electron chi connectivity index (χ1n) is 6.15. The largest absolute Gasteiger partial charge is 0.468 e. The maximum absolute atomic E-state index is 5.43. The number of hydrogen-bond acceptors (Lipinski definition) is 4. The third-order valence-corrected chi connectivity index (χ3v) is 3.18. The molecule has 0 saturated carbocycles. The fraction of sp³-hybridized carbons (Fsp3) is 0.462. The molecule has 104 valence electrons. The molecule has 0 saturated heterocycles. The molecule has 19 heavy (non-hydrogen) atoms. The van der Waals surface area contributed by atoms with Crippen molar-refractivity contribution in [3.05, 3.63) is 41.0 Å². The molecule has 2 aromatic heterocycles. The lowest BCUT2D eigenvalue weighted by molar-refractivity contribution is 0.150. The van der Waals surface area contributed by atoms with Gasteiger partial charge in [0.2, 0.25) is 0 Å². The molecule has 2 aromatic rings. The number of nitrogens with zero attached hydrogens (tertiary/aromatic N) is 2. The first-order valence-corrected chi connectivity index (χ1v) is 6.94. The van der Waals surface area contributed by atoms with Crippen LogP contribution in [0.1, 0.15) is 18.7 Å². The van der Waals surface area contributed by atoms with E-state index in [-0.39, 0.29) is 12.1 Å². The van der Waals surface area contributed by atoms with Gasteiger partial charge in [-0.3, -0.25) is 4.68 Å². The van der Waals surface area contributed by atoms with E-state index in [1.54, 1.807) is 19.6 Å². The molecule has 0 aliphatic rings. The summed E-state index contributed by atoms with van der Waals surface area (Å²) in [4.78, 5) is 0. The van der Waals surface area contributed by atoms with E-state index < -0.39 is 0 Å². The molecule has 5 nitrogen and oxygen atoms in total. The van der Waals surface area contributed by atoms with E-state index in [0.717, 1.165) is 16.8 Å². The average Bonchev–Trinajstić information content (AvgIpc) is 3.00. The van der Waals surface area contributed by atoms with Gasteiger partial charge in [0.25, 0.3) is 0 Å². The predicted octanol–water partition coefficient (Wildman–Crippen LogP) is 2.60. The van der Waals surface area contributed by atoms with Gasteiger partial charge in [-0.05, 0) is 35.0 Å². The van der Waals surface area contributed by atoms with E-state index in [2.05, 4.69) is 33.3 Å². The molecule has 0 aromatic carbocycles. The third-order valence-electron chi connectivity index (χ3n) is 2.77. The highest BCUT2D eigenvalue weighted by Gasteiger charge is 2.17. The van der Waals surface area contributed by atoms with Crippen LogP contribution in [0.25, 0.3) is 0 Å². The number of rotatable bonds is 7. The Morgan fingerprint density at radius 1 is 1.58 bits per heavy atom. The van der Waals surface area contributed by atoms with Crippen LogP contribution in [0.5, 0.6) is 0 Å². The van der Waals surface area contributed by atoms with Gasteiger partial charge in [-0.25, -0.2) is 0 Å². The van der Waals surface area contributed by atoms with E-state index in [0.29, 0.717) is 6.61 Å². The summed E-state index contributed by atoms with van der Waals surface area (Å²) >= 11 is 3.39. The van der Waals surface area contributed by atoms with Gasteiger partial charge < -0.3 is 14.5 Å². The summed E-state index contributed by atoms with van der Waals surface area (Å²) in [5.74, 6) is 0.885. The normalized spacial score (nSPS) is 14.5. The first kappa shape index (κ1) is 14.3. The minimum Gasteiger partial charge on any atom is -0.468 e. The van der Waals surface area contributed by atoms with Crippen LogP contribution in [0.2, 0.25) is 0 Å². The second-order valence-corrected chi connectivity index (χ2v) is 5.39. The van der Waals surface area contributed by atoms with E-state index >= 15 is 0 Å². The molecule has 0 aliphatic carbocycles. The van der Waals surface area contributed by atoms with Crippen LogP contribution in [0, 0.1) is 0 Å². The number of furan rings is 1. The quantitative estimate of drug-likeness (QED) is 0.849. The molecule has 0 amide bonds. The summed E-state index contributed by atoms with van der Waals surface area (Å²) in [6, 6.07) is 4.13. The second-order valence-electron chi connectivity index (χ2n) is 4.47. The average molecular weight is 328 g/mol. The minimum atomic E-state index is 0.0500. The Bertz CT molecular complexity index is 484. The van der Waals surface area contributed by atoms with E-state index in [1.807, 2.05) is 23.0 Å². The topological polar surface area (TPSA) is 52.2 Å². The Hall–Kier alpha value is -1.11. The van der Waals surface area contributed by atoms with Crippen LogP contribution in [-0.4, -0.2) is 29.5 Å². The lowest BCUT2D eigenvalue weighted by Gasteiger charge is -2.21. The van der Waals surface area contributed by atoms with Crippen LogP contribution in [0.15, 0.2) is 39.7 Å². The Morgan fingerprint density at radius 3 is 3.00 bits per heavy atom. The summed E-state index contributed by atoms with van der Waals surface area (Å²) in [6.07, 6.45) is 5.41. The van der Waals surface area contributed by atoms with E-state index in [4.69, 9.17) is 9.15 Å². The number of nitrogens with one attached hydrogen (secondary N) is 1. The number of ether oxygens (including phenoxy) is 1. The second kappa shape index (κ2) is 6.88. The zero-order valence-corrected chi connectivity index (χ0v) is 12.6. The lowest BCUT2D eigenvalue weighted by atomic mass is 10.2. The van der Waals surface area contributed by atoms with Gasteiger partial charge in [0, 0.05) is 19.3 Å². The highest BCUT2D eigenvalue weighted by Crippen LogP contribution is 2.15. The van der Waals surface area contributed by atoms with E-state index in [1.165, 1.54) is 0 Å². The number of hydrogen-bond donors (Lipinski definition) is 1. The molecule has 2 atom stereocenters. The molecule has 2 rings (SSSR count). The molecular formula is C13H18BrN3O2. The summed E-state index contributed by atoms with van der Waals surface area (Å²) in [7, 11) is 1.69. The van der Waals surface area contributed by atoms with Crippen LogP contribution in [0.4, 0.5) is 0 Å². The highest BCUT2D eigenvalue weighted by atomic mass is 79.9. The van der Waals surface area contributed by atoms with Gasteiger partial charge in [-0.15, -0.1) is 0 Å². The van der Waals surface area contributed by atoms with Crippen molar-refractivity contribution in [3.63, 3.8) is 0 Å². The first-order chi connectivity index (χ1) is 9.19. The molecule has 1 N–H and O–H groups in total. The maximum atomic E-state index is 5.43. The Balaban J connectivity index is 1.93. The molecule has 0 spiro atoms. The minimum absolute atomic E-state index is 0.0500. The molecule has 0 unspecified atom stereocenters. The van der Waals surface area contributed by atoms with Crippen LogP contribution >= 0.6 is 15.9 Å². The molecule has 0 bridgehead atoms. The van der Waals surface area contributed by atoms with Crippen LogP contribution in [0.3, 0.4) is 0 Å². The van der Waals surface area contributed by atoms with Gasteiger partial charge in [0.1, 0.15) is 5.76 Å². The standard InChI is InChI=1S/C13H18BrN3O2/c1-10(7-17-8-11(14)6-15-17)16-12(9-18-2)13-4-3-5-19-13/h3-6,8,10,12,16H,7,9H2,1-2H3/t10-,12+/m1/s1. The van der Waals surface area contributed by atoms with Crippen molar-refractivity contribution in [3.8, 4) is 0 Å². The van der Waals surface area contributed by atoms with Gasteiger partial charge >= 0.3 is 0 Å². The third kappa shape index (κ3) is 4.19. The van der Waals surface area contributed by atoms with E-state index in [9.17, 15) is 0 Å². The fourth-order valence-corrected chi connectivity index (χ4v) is 2.31. The van der Waals surface area contributed by atoms with Gasteiger partial charge in [-0.1, -0.05) is 0 Å². The van der Waals surface area contributed by atoms with Crippen molar-refractivity contribution in [2.45, 2.75) is 25.6 Å².